The summed E-state index contributed by atoms with van der Waals surface area (Å²) < 4.78 is 0.744. The fourth-order valence-electron chi connectivity index (χ4n) is 1.75. The van der Waals surface area contributed by atoms with E-state index in [-0.39, 0.29) is 5.91 Å². The minimum Gasteiger partial charge on any atom is -0.399 e. The van der Waals surface area contributed by atoms with Crippen molar-refractivity contribution in [2.75, 3.05) is 12.8 Å². The van der Waals surface area contributed by atoms with E-state index in [1.165, 1.54) is 0 Å². The lowest BCUT2D eigenvalue weighted by Crippen LogP contribution is -2.26. The van der Waals surface area contributed by atoms with Crippen molar-refractivity contribution in [3.63, 3.8) is 0 Å². The van der Waals surface area contributed by atoms with Gasteiger partial charge in [0.25, 0.3) is 5.91 Å². The molecule has 0 bridgehead atoms. The first-order chi connectivity index (χ1) is 9.08. The molecule has 98 valence electrons. The number of benzene rings is 1. The molecule has 0 spiro atoms. The van der Waals surface area contributed by atoms with Crippen molar-refractivity contribution in [2.45, 2.75) is 6.54 Å². The topological polar surface area (TPSA) is 59.2 Å². The van der Waals surface area contributed by atoms with Crippen LogP contribution in [0.3, 0.4) is 0 Å². The van der Waals surface area contributed by atoms with E-state index in [1.54, 1.807) is 42.5 Å². The number of aromatic nitrogens is 1. The summed E-state index contributed by atoms with van der Waals surface area (Å²) in [5.41, 5.74) is 7.89. The van der Waals surface area contributed by atoms with Crippen molar-refractivity contribution in [1.29, 1.82) is 0 Å². The van der Waals surface area contributed by atoms with Crippen molar-refractivity contribution < 1.29 is 4.79 Å². The third kappa shape index (κ3) is 3.32. The quantitative estimate of drug-likeness (QED) is 0.885. The lowest BCUT2D eigenvalue weighted by Gasteiger charge is -2.18. The summed E-state index contributed by atoms with van der Waals surface area (Å²) in [6, 6.07) is 8.98. The number of hydrogen-bond donors (Lipinski definition) is 1. The lowest BCUT2D eigenvalue weighted by molar-refractivity contribution is 0.0784. The molecule has 0 aliphatic heterocycles. The van der Waals surface area contributed by atoms with Gasteiger partial charge in [-0.1, -0.05) is 0 Å². The van der Waals surface area contributed by atoms with Crippen LogP contribution in [0, 0.1) is 0 Å². The number of nitrogen functional groups attached to an aromatic ring is 1. The monoisotopic (exact) mass is 319 g/mol. The number of rotatable bonds is 3. The third-order valence-electron chi connectivity index (χ3n) is 2.74. The molecule has 0 radical (unpaired) electrons. The SMILES string of the molecule is CN(Cc1ccncc1)C(=O)c1cc(N)ccc1Br. The largest absolute Gasteiger partial charge is 0.399 e. The van der Waals surface area contributed by atoms with Gasteiger partial charge in [0, 0.05) is 36.1 Å². The summed E-state index contributed by atoms with van der Waals surface area (Å²) in [6.45, 7) is 0.530. The lowest BCUT2D eigenvalue weighted by atomic mass is 10.1. The molecule has 1 heterocycles. The molecule has 0 saturated carbocycles. The van der Waals surface area contributed by atoms with Gasteiger partial charge in [0.05, 0.1) is 5.56 Å². The molecule has 0 fully saturated rings. The number of amides is 1. The van der Waals surface area contributed by atoms with Gasteiger partial charge < -0.3 is 10.6 Å². The molecular weight excluding hydrogens is 306 g/mol. The van der Waals surface area contributed by atoms with Crippen LogP contribution >= 0.6 is 15.9 Å². The first-order valence-electron chi connectivity index (χ1n) is 5.77. The normalized spacial score (nSPS) is 10.2. The van der Waals surface area contributed by atoms with Gasteiger partial charge in [-0.3, -0.25) is 9.78 Å². The number of halogens is 1. The fourth-order valence-corrected chi connectivity index (χ4v) is 2.16. The molecule has 0 aliphatic carbocycles. The molecule has 0 unspecified atom stereocenters. The van der Waals surface area contributed by atoms with Gasteiger partial charge in [-0.2, -0.15) is 0 Å². The second-order valence-electron chi connectivity index (χ2n) is 4.26. The van der Waals surface area contributed by atoms with E-state index in [1.807, 2.05) is 12.1 Å². The molecular formula is C14H14BrN3O. The van der Waals surface area contributed by atoms with Crippen molar-refractivity contribution in [2.24, 2.45) is 0 Å². The van der Waals surface area contributed by atoms with Crippen LogP contribution in [0.4, 0.5) is 5.69 Å². The average molecular weight is 320 g/mol. The van der Waals surface area contributed by atoms with Gasteiger partial charge >= 0.3 is 0 Å². The maximum Gasteiger partial charge on any atom is 0.255 e. The summed E-state index contributed by atoms with van der Waals surface area (Å²) in [7, 11) is 1.76. The minimum absolute atomic E-state index is 0.0732. The Morgan fingerprint density at radius 2 is 2.00 bits per heavy atom. The zero-order valence-corrected chi connectivity index (χ0v) is 12.1. The standard InChI is InChI=1S/C14H14BrN3O/c1-18(9-10-4-6-17-7-5-10)14(19)12-8-11(16)2-3-13(12)15/h2-8H,9,16H2,1H3. The Kier molecular flexibility index (Phi) is 4.16. The summed E-state index contributed by atoms with van der Waals surface area (Å²) in [4.78, 5) is 17.9. The van der Waals surface area contributed by atoms with E-state index in [4.69, 9.17) is 5.73 Å². The van der Waals surface area contributed by atoms with Crippen LogP contribution in [0.5, 0.6) is 0 Å². The van der Waals surface area contributed by atoms with Crippen molar-refractivity contribution >= 4 is 27.5 Å². The molecule has 19 heavy (non-hydrogen) atoms. The van der Waals surface area contributed by atoms with Crippen molar-refractivity contribution in [3.8, 4) is 0 Å². The molecule has 2 N–H and O–H groups in total. The summed E-state index contributed by atoms with van der Waals surface area (Å²) >= 11 is 3.37. The van der Waals surface area contributed by atoms with Crippen LogP contribution in [-0.4, -0.2) is 22.8 Å². The molecule has 2 aromatic rings. The van der Waals surface area contributed by atoms with E-state index in [0.717, 1.165) is 10.0 Å². The van der Waals surface area contributed by atoms with Gasteiger partial charge in [-0.15, -0.1) is 0 Å². The number of hydrogen-bond acceptors (Lipinski definition) is 3. The molecule has 1 aromatic carbocycles. The molecule has 0 atom stereocenters. The highest BCUT2D eigenvalue weighted by Gasteiger charge is 2.15. The van der Waals surface area contributed by atoms with Crippen molar-refractivity contribution in [3.05, 3.63) is 58.3 Å². The van der Waals surface area contributed by atoms with Gasteiger partial charge in [0.15, 0.2) is 0 Å². The van der Waals surface area contributed by atoms with Gasteiger partial charge in [-0.05, 0) is 51.8 Å². The van der Waals surface area contributed by atoms with Crippen LogP contribution in [0.1, 0.15) is 15.9 Å². The van der Waals surface area contributed by atoms with Crippen LogP contribution in [-0.2, 0) is 6.54 Å². The second kappa shape index (κ2) is 5.84. The van der Waals surface area contributed by atoms with E-state index >= 15 is 0 Å². The number of pyridine rings is 1. The Morgan fingerprint density at radius 1 is 1.32 bits per heavy atom. The summed E-state index contributed by atoms with van der Waals surface area (Å²) in [5.74, 6) is -0.0732. The van der Waals surface area contributed by atoms with Crippen molar-refractivity contribution in [1.82, 2.24) is 9.88 Å². The molecule has 1 aromatic heterocycles. The first-order valence-corrected chi connectivity index (χ1v) is 6.56. The van der Waals surface area contributed by atoms with Gasteiger partial charge in [-0.25, -0.2) is 0 Å². The summed E-state index contributed by atoms with van der Waals surface area (Å²) in [5, 5.41) is 0. The van der Waals surface area contributed by atoms with Crippen LogP contribution in [0.25, 0.3) is 0 Å². The van der Waals surface area contributed by atoms with E-state index in [2.05, 4.69) is 20.9 Å². The minimum atomic E-state index is -0.0732. The third-order valence-corrected chi connectivity index (χ3v) is 3.43. The maximum absolute atomic E-state index is 12.3. The highest BCUT2D eigenvalue weighted by atomic mass is 79.9. The molecule has 0 aliphatic rings. The fraction of sp³-hybridized carbons (Fsp3) is 0.143. The smallest absolute Gasteiger partial charge is 0.255 e. The Hall–Kier alpha value is -1.88. The predicted octanol–water partition coefficient (Wildman–Crippen LogP) is 2.70. The van der Waals surface area contributed by atoms with E-state index in [9.17, 15) is 4.79 Å². The number of nitrogens with zero attached hydrogens (tertiary/aromatic N) is 2. The number of anilines is 1. The van der Waals surface area contributed by atoms with Gasteiger partial charge in [0.2, 0.25) is 0 Å². The molecule has 5 heteroatoms. The second-order valence-corrected chi connectivity index (χ2v) is 5.11. The van der Waals surface area contributed by atoms with E-state index < -0.39 is 0 Å². The van der Waals surface area contributed by atoms with Gasteiger partial charge in [0.1, 0.15) is 0 Å². The van der Waals surface area contributed by atoms with Crippen LogP contribution in [0.15, 0.2) is 47.2 Å². The Morgan fingerprint density at radius 3 is 2.68 bits per heavy atom. The molecule has 2 rings (SSSR count). The molecule has 4 nitrogen and oxygen atoms in total. The zero-order chi connectivity index (χ0) is 13.8. The highest BCUT2D eigenvalue weighted by Crippen LogP contribution is 2.21. The molecule has 1 amide bonds. The Bertz CT molecular complexity index is 586. The Labute approximate surface area is 120 Å². The first kappa shape index (κ1) is 13.5. The van der Waals surface area contributed by atoms with Crippen LogP contribution in [0.2, 0.25) is 0 Å². The number of nitrogens with two attached hydrogens (primary N) is 1. The Balaban J connectivity index is 2.17. The predicted molar refractivity (Wildman–Crippen MR) is 78.6 cm³/mol. The zero-order valence-electron chi connectivity index (χ0n) is 10.5. The number of carbonyl (C=O) groups is 1. The highest BCUT2D eigenvalue weighted by molar-refractivity contribution is 9.10. The van der Waals surface area contributed by atoms with Crippen LogP contribution < -0.4 is 5.73 Å². The average Bonchev–Trinajstić information content (AvgIpc) is 2.42. The number of carbonyl (C=O) groups excluding carboxylic acids is 1. The molecule has 0 saturated heterocycles. The maximum atomic E-state index is 12.3. The summed E-state index contributed by atoms with van der Waals surface area (Å²) in [6.07, 6.45) is 3.42. The van der Waals surface area contributed by atoms with E-state index in [0.29, 0.717) is 17.8 Å².